The highest BCUT2D eigenvalue weighted by atomic mass is 35.7. The van der Waals surface area contributed by atoms with Gasteiger partial charge in [-0.15, -0.1) is 0 Å². The molecule has 6 heteroatoms. The second kappa shape index (κ2) is 4.66. The predicted molar refractivity (Wildman–Crippen MR) is 65.5 cm³/mol. The fourth-order valence-corrected chi connectivity index (χ4v) is 2.39. The van der Waals surface area contributed by atoms with Crippen molar-refractivity contribution in [3.8, 4) is 0 Å². The van der Waals surface area contributed by atoms with Gasteiger partial charge in [-0.3, -0.25) is 4.79 Å². The molecule has 1 N–H and O–H groups in total. The Morgan fingerprint density at radius 1 is 1.24 bits per heavy atom. The molecule has 1 saturated carbocycles. The van der Waals surface area contributed by atoms with Gasteiger partial charge in [0, 0.05) is 22.3 Å². The average molecular weight is 274 g/mol. The van der Waals surface area contributed by atoms with E-state index in [1.165, 1.54) is 24.3 Å². The zero-order valence-electron chi connectivity index (χ0n) is 9.02. The zero-order chi connectivity index (χ0) is 12.5. The molecule has 17 heavy (non-hydrogen) atoms. The van der Waals surface area contributed by atoms with Crippen molar-refractivity contribution in [1.29, 1.82) is 0 Å². The van der Waals surface area contributed by atoms with Gasteiger partial charge in [0.2, 0.25) is 5.91 Å². The maximum atomic E-state index is 11.6. The molecule has 1 aliphatic rings. The van der Waals surface area contributed by atoms with E-state index in [-0.39, 0.29) is 16.7 Å². The summed E-state index contributed by atoms with van der Waals surface area (Å²) in [6, 6.07) is 5.81. The second-order valence-electron chi connectivity index (χ2n) is 4.08. The molecular weight excluding hydrogens is 262 g/mol. The standard InChI is InChI=1S/C11H12ClNO3S/c12-17(15,16)10-6-4-9(5-7-10)13-11(14)8-2-1-3-8/h4-8H,1-3H2,(H,13,14). The van der Waals surface area contributed by atoms with Crippen LogP contribution >= 0.6 is 10.7 Å². The van der Waals surface area contributed by atoms with Crippen LogP contribution in [0.25, 0.3) is 0 Å². The van der Waals surface area contributed by atoms with Gasteiger partial charge in [-0.05, 0) is 37.1 Å². The van der Waals surface area contributed by atoms with Gasteiger partial charge in [0.25, 0.3) is 9.05 Å². The van der Waals surface area contributed by atoms with Crippen molar-refractivity contribution >= 4 is 31.3 Å². The summed E-state index contributed by atoms with van der Waals surface area (Å²) >= 11 is 0. The van der Waals surface area contributed by atoms with Crippen molar-refractivity contribution in [3.63, 3.8) is 0 Å². The van der Waals surface area contributed by atoms with Crippen molar-refractivity contribution in [1.82, 2.24) is 0 Å². The summed E-state index contributed by atoms with van der Waals surface area (Å²) in [5.41, 5.74) is 0.589. The van der Waals surface area contributed by atoms with Crippen LogP contribution in [0.3, 0.4) is 0 Å². The molecule has 0 heterocycles. The lowest BCUT2D eigenvalue weighted by Gasteiger charge is -2.24. The van der Waals surface area contributed by atoms with E-state index in [4.69, 9.17) is 10.7 Å². The Bertz CT molecular complexity index is 520. The van der Waals surface area contributed by atoms with Gasteiger partial charge >= 0.3 is 0 Å². The van der Waals surface area contributed by atoms with Crippen molar-refractivity contribution in [2.75, 3.05) is 5.32 Å². The summed E-state index contributed by atoms with van der Waals surface area (Å²) in [6.07, 6.45) is 2.96. The SMILES string of the molecule is O=C(Nc1ccc(S(=O)(=O)Cl)cc1)C1CCC1. The van der Waals surface area contributed by atoms with E-state index in [1.54, 1.807) is 0 Å². The van der Waals surface area contributed by atoms with E-state index >= 15 is 0 Å². The fraction of sp³-hybridized carbons (Fsp3) is 0.364. The molecule has 1 aliphatic carbocycles. The summed E-state index contributed by atoms with van der Waals surface area (Å²) in [5, 5.41) is 2.75. The van der Waals surface area contributed by atoms with E-state index in [0.29, 0.717) is 5.69 Å². The van der Waals surface area contributed by atoms with Crippen LogP contribution in [0, 0.1) is 5.92 Å². The minimum atomic E-state index is -3.70. The quantitative estimate of drug-likeness (QED) is 0.860. The summed E-state index contributed by atoms with van der Waals surface area (Å²) in [6.45, 7) is 0. The second-order valence-corrected chi connectivity index (χ2v) is 6.65. The van der Waals surface area contributed by atoms with Gasteiger partial charge in [0.15, 0.2) is 0 Å². The minimum absolute atomic E-state index is 0.00210. The number of carbonyl (C=O) groups is 1. The summed E-state index contributed by atoms with van der Waals surface area (Å²) < 4.78 is 22.0. The average Bonchev–Trinajstić information content (AvgIpc) is 2.13. The predicted octanol–water partition coefficient (Wildman–Crippen LogP) is 2.35. The summed E-state index contributed by atoms with van der Waals surface area (Å²) in [7, 11) is 1.49. The first-order valence-electron chi connectivity index (χ1n) is 5.32. The zero-order valence-corrected chi connectivity index (χ0v) is 10.6. The van der Waals surface area contributed by atoms with Gasteiger partial charge < -0.3 is 5.32 Å². The van der Waals surface area contributed by atoms with Crippen LogP contribution in [0.5, 0.6) is 0 Å². The number of nitrogens with one attached hydrogen (secondary N) is 1. The minimum Gasteiger partial charge on any atom is -0.326 e. The Hall–Kier alpha value is -1.07. The van der Waals surface area contributed by atoms with Crippen LogP contribution in [-0.4, -0.2) is 14.3 Å². The largest absolute Gasteiger partial charge is 0.326 e. The summed E-state index contributed by atoms with van der Waals surface area (Å²) in [5.74, 6) is 0.101. The highest BCUT2D eigenvalue weighted by molar-refractivity contribution is 8.13. The third-order valence-electron chi connectivity index (χ3n) is 2.88. The molecule has 92 valence electrons. The maximum Gasteiger partial charge on any atom is 0.261 e. The third-order valence-corrected chi connectivity index (χ3v) is 4.25. The van der Waals surface area contributed by atoms with Gasteiger partial charge in [-0.2, -0.15) is 0 Å². The number of rotatable bonds is 3. The molecule has 0 atom stereocenters. The van der Waals surface area contributed by atoms with Crippen LogP contribution in [0.15, 0.2) is 29.2 Å². The normalized spacial score (nSPS) is 16.3. The van der Waals surface area contributed by atoms with Crippen LogP contribution in [0.2, 0.25) is 0 Å². The van der Waals surface area contributed by atoms with Crippen LogP contribution in [-0.2, 0) is 13.8 Å². The molecule has 0 aromatic heterocycles. The maximum absolute atomic E-state index is 11.6. The molecule has 0 aliphatic heterocycles. The van der Waals surface area contributed by atoms with Crippen LogP contribution in [0.4, 0.5) is 5.69 Å². The number of anilines is 1. The van der Waals surface area contributed by atoms with E-state index in [1.807, 2.05) is 0 Å². The molecule has 1 aromatic carbocycles. The van der Waals surface area contributed by atoms with Crippen molar-refractivity contribution in [3.05, 3.63) is 24.3 Å². The van der Waals surface area contributed by atoms with Gasteiger partial charge in [0.1, 0.15) is 0 Å². The molecule has 4 nitrogen and oxygen atoms in total. The number of hydrogen-bond donors (Lipinski definition) is 1. The van der Waals surface area contributed by atoms with Gasteiger partial charge in [-0.25, -0.2) is 8.42 Å². The lowest BCUT2D eigenvalue weighted by atomic mass is 9.85. The molecule has 0 unspecified atom stereocenters. The first kappa shape index (κ1) is 12.4. The first-order valence-corrected chi connectivity index (χ1v) is 7.63. The number of hydrogen-bond acceptors (Lipinski definition) is 3. The van der Waals surface area contributed by atoms with Crippen LogP contribution in [0.1, 0.15) is 19.3 Å². The third kappa shape index (κ3) is 2.98. The van der Waals surface area contributed by atoms with E-state index in [2.05, 4.69) is 5.32 Å². The summed E-state index contributed by atoms with van der Waals surface area (Å²) in [4.78, 5) is 11.6. The molecule has 0 radical (unpaired) electrons. The Morgan fingerprint density at radius 2 is 1.82 bits per heavy atom. The highest BCUT2D eigenvalue weighted by Crippen LogP contribution is 2.27. The Morgan fingerprint density at radius 3 is 2.24 bits per heavy atom. The van der Waals surface area contributed by atoms with Gasteiger partial charge in [-0.1, -0.05) is 6.42 Å². The lowest BCUT2D eigenvalue weighted by molar-refractivity contribution is -0.122. The fourth-order valence-electron chi connectivity index (χ4n) is 1.62. The van der Waals surface area contributed by atoms with E-state index in [0.717, 1.165) is 19.3 Å². The monoisotopic (exact) mass is 273 g/mol. The van der Waals surface area contributed by atoms with Crippen LogP contribution < -0.4 is 5.32 Å². The number of benzene rings is 1. The molecule has 0 spiro atoms. The van der Waals surface area contributed by atoms with Crippen molar-refractivity contribution in [2.24, 2.45) is 5.92 Å². The van der Waals surface area contributed by atoms with Crippen molar-refractivity contribution in [2.45, 2.75) is 24.2 Å². The van der Waals surface area contributed by atoms with E-state index in [9.17, 15) is 13.2 Å². The molecule has 2 rings (SSSR count). The molecule has 1 aromatic rings. The number of carbonyl (C=O) groups excluding carboxylic acids is 1. The van der Waals surface area contributed by atoms with Crippen molar-refractivity contribution < 1.29 is 13.2 Å². The Balaban J connectivity index is 2.05. The first-order chi connectivity index (χ1) is 7.97. The molecule has 1 fully saturated rings. The molecule has 0 bridgehead atoms. The van der Waals surface area contributed by atoms with Gasteiger partial charge in [0.05, 0.1) is 4.90 Å². The topological polar surface area (TPSA) is 63.2 Å². The lowest BCUT2D eigenvalue weighted by Crippen LogP contribution is -2.27. The number of amides is 1. The molecular formula is C11H12ClNO3S. The smallest absolute Gasteiger partial charge is 0.261 e. The molecule has 0 saturated heterocycles. The Kier molecular flexibility index (Phi) is 3.40. The molecule has 1 amide bonds. The van der Waals surface area contributed by atoms with E-state index < -0.39 is 9.05 Å². The number of halogens is 1. The Labute approximate surface area is 104 Å². The highest BCUT2D eigenvalue weighted by Gasteiger charge is 2.25.